The van der Waals surface area contributed by atoms with E-state index in [2.05, 4.69) is 26.2 Å². The topological polar surface area (TPSA) is 71.2 Å². The van der Waals surface area contributed by atoms with Crippen molar-refractivity contribution >= 4 is 27.3 Å². The van der Waals surface area contributed by atoms with Gasteiger partial charge < -0.3 is 16.2 Å². The highest BCUT2D eigenvalue weighted by molar-refractivity contribution is 9.10. The molecule has 0 aromatic carbocycles. The number of nitrogens with one attached hydrogen (secondary N) is 1. The fraction of sp³-hybridized carbons (Fsp3) is 0.444. The number of nitrogens with two attached hydrogens (primary N) is 1. The van der Waals surface area contributed by atoms with Gasteiger partial charge in [-0.1, -0.05) is 6.92 Å². The number of aliphatic hydroxyl groups excluding tert-OH is 1. The number of pyridine rings is 1. The average molecular weight is 260 g/mol. The highest BCUT2D eigenvalue weighted by Crippen LogP contribution is 2.26. The summed E-state index contributed by atoms with van der Waals surface area (Å²) in [5.74, 6) is 0.203. The molecule has 1 unspecified atom stereocenters. The van der Waals surface area contributed by atoms with Gasteiger partial charge in [0.2, 0.25) is 0 Å². The molecule has 1 aromatic rings. The first kappa shape index (κ1) is 11.3. The van der Waals surface area contributed by atoms with Gasteiger partial charge in [0.05, 0.1) is 22.0 Å². The molecule has 1 atom stereocenters. The van der Waals surface area contributed by atoms with E-state index in [9.17, 15) is 0 Å². The van der Waals surface area contributed by atoms with Crippen LogP contribution < -0.4 is 11.1 Å². The van der Waals surface area contributed by atoms with Crippen LogP contribution in [0.1, 0.15) is 6.92 Å². The molecule has 1 aromatic heterocycles. The first-order valence-electron chi connectivity index (χ1n) is 4.39. The van der Waals surface area contributed by atoms with Crippen molar-refractivity contribution in [2.24, 2.45) is 5.92 Å². The SMILES string of the molecule is CC(CO)CNc1c(N)cncc1Br. The summed E-state index contributed by atoms with van der Waals surface area (Å²) in [5.41, 5.74) is 7.17. The van der Waals surface area contributed by atoms with E-state index in [1.54, 1.807) is 12.4 Å². The molecule has 14 heavy (non-hydrogen) atoms. The molecule has 4 nitrogen and oxygen atoms in total. The fourth-order valence-electron chi connectivity index (χ4n) is 0.977. The van der Waals surface area contributed by atoms with Crippen molar-refractivity contribution in [3.05, 3.63) is 16.9 Å². The van der Waals surface area contributed by atoms with Crippen molar-refractivity contribution in [3.63, 3.8) is 0 Å². The standard InChI is InChI=1S/C9H14BrN3O/c1-6(5-14)2-13-9-7(10)3-12-4-8(9)11/h3-4,6,14H,2,5,11H2,1H3,(H,12,13). The normalized spacial score (nSPS) is 12.5. The lowest BCUT2D eigenvalue weighted by Crippen LogP contribution is -2.15. The lowest BCUT2D eigenvalue weighted by molar-refractivity contribution is 0.244. The Balaban J connectivity index is 2.66. The van der Waals surface area contributed by atoms with Crippen LogP contribution in [-0.4, -0.2) is 23.2 Å². The number of anilines is 2. The quantitative estimate of drug-likeness (QED) is 0.766. The Morgan fingerprint density at radius 2 is 2.36 bits per heavy atom. The van der Waals surface area contributed by atoms with Crippen LogP contribution in [0.2, 0.25) is 0 Å². The molecule has 1 heterocycles. The molecule has 0 spiro atoms. The molecule has 0 aliphatic carbocycles. The van der Waals surface area contributed by atoms with Gasteiger partial charge in [0.15, 0.2) is 0 Å². The summed E-state index contributed by atoms with van der Waals surface area (Å²) in [6.45, 7) is 2.80. The zero-order valence-corrected chi connectivity index (χ0v) is 9.58. The van der Waals surface area contributed by atoms with Crippen LogP contribution in [0.3, 0.4) is 0 Å². The number of hydrogen-bond acceptors (Lipinski definition) is 4. The van der Waals surface area contributed by atoms with Crippen LogP contribution in [0, 0.1) is 5.92 Å². The van der Waals surface area contributed by atoms with Gasteiger partial charge in [-0.25, -0.2) is 0 Å². The summed E-state index contributed by atoms with van der Waals surface area (Å²) in [6, 6.07) is 0. The average Bonchev–Trinajstić information content (AvgIpc) is 2.16. The van der Waals surface area contributed by atoms with E-state index >= 15 is 0 Å². The lowest BCUT2D eigenvalue weighted by Gasteiger charge is -2.13. The lowest BCUT2D eigenvalue weighted by atomic mass is 10.2. The van der Waals surface area contributed by atoms with Crippen LogP contribution in [0.5, 0.6) is 0 Å². The van der Waals surface area contributed by atoms with Gasteiger partial charge in [-0.15, -0.1) is 0 Å². The highest BCUT2D eigenvalue weighted by Gasteiger charge is 2.05. The molecule has 0 aliphatic heterocycles. The van der Waals surface area contributed by atoms with E-state index in [4.69, 9.17) is 10.8 Å². The summed E-state index contributed by atoms with van der Waals surface area (Å²) in [7, 11) is 0. The van der Waals surface area contributed by atoms with Crippen LogP contribution in [0.15, 0.2) is 16.9 Å². The van der Waals surface area contributed by atoms with Crippen LogP contribution in [-0.2, 0) is 0 Å². The minimum Gasteiger partial charge on any atom is -0.396 e. The molecule has 5 heteroatoms. The van der Waals surface area contributed by atoms with Crippen molar-refractivity contribution in [2.75, 3.05) is 24.2 Å². The fourth-order valence-corrected chi connectivity index (χ4v) is 1.46. The van der Waals surface area contributed by atoms with Crippen LogP contribution in [0.25, 0.3) is 0 Å². The molecular weight excluding hydrogens is 246 g/mol. The second-order valence-electron chi connectivity index (χ2n) is 3.25. The molecule has 0 saturated heterocycles. The van der Waals surface area contributed by atoms with Gasteiger partial charge >= 0.3 is 0 Å². The smallest absolute Gasteiger partial charge is 0.0750 e. The highest BCUT2D eigenvalue weighted by atomic mass is 79.9. The monoisotopic (exact) mass is 259 g/mol. The minimum absolute atomic E-state index is 0.162. The molecule has 78 valence electrons. The predicted molar refractivity (Wildman–Crippen MR) is 61.1 cm³/mol. The van der Waals surface area contributed by atoms with Crippen LogP contribution >= 0.6 is 15.9 Å². The summed E-state index contributed by atoms with van der Waals surface area (Å²) in [6.07, 6.45) is 3.28. The molecular formula is C9H14BrN3O. The molecule has 0 radical (unpaired) electrons. The molecule has 0 amide bonds. The Bertz CT molecular complexity index is 286. The minimum atomic E-state index is 0.162. The summed E-state index contributed by atoms with van der Waals surface area (Å²) in [5, 5.41) is 12.0. The summed E-state index contributed by atoms with van der Waals surface area (Å²) < 4.78 is 0.836. The van der Waals surface area contributed by atoms with Crippen molar-refractivity contribution in [3.8, 4) is 0 Å². The zero-order chi connectivity index (χ0) is 10.6. The molecule has 1 rings (SSSR count). The van der Waals surface area contributed by atoms with E-state index < -0.39 is 0 Å². The molecule has 0 fully saturated rings. The van der Waals surface area contributed by atoms with Crippen molar-refractivity contribution in [1.29, 1.82) is 0 Å². The Kier molecular flexibility index (Phi) is 4.16. The van der Waals surface area contributed by atoms with E-state index in [1.807, 2.05) is 6.92 Å². The Morgan fingerprint density at radius 1 is 1.64 bits per heavy atom. The number of rotatable bonds is 4. The van der Waals surface area contributed by atoms with Crippen LogP contribution in [0.4, 0.5) is 11.4 Å². The molecule has 4 N–H and O–H groups in total. The second-order valence-corrected chi connectivity index (χ2v) is 4.11. The van der Waals surface area contributed by atoms with E-state index in [-0.39, 0.29) is 12.5 Å². The number of aliphatic hydroxyl groups is 1. The third kappa shape index (κ3) is 2.85. The van der Waals surface area contributed by atoms with E-state index in [0.29, 0.717) is 12.2 Å². The first-order chi connectivity index (χ1) is 6.65. The third-order valence-electron chi connectivity index (χ3n) is 1.87. The Hall–Kier alpha value is -0.810. The largest absolute Gasteiger partial charge is 0.396 e. The van der Waals surface area contributed by atoms with Crippen molar-refractivity contribution in [1.82, 2.24) is 4.98 Å². The van der Waals surface area contributed by atoms with Gasteiger partial charge in [-0.05, 0) is 21.8 Å². The molecule has 0 saturated carbocycles. The van der Waals surface area contributed by atoms with Gasteiger partial charge in [0, 0.05) is 19.3 Å². The first-order valence-corrected chi connectivity index (χ1v) is 5.18. The number of halogens is 1. The van der Waals surface area contributed by atoms with Crippen molar-refractivity contribution in [2.45, 2.75) is 6.92 Å². The van der Waals surface area contributed by atoms with E-state index in [1.165, 1.54) is 0 Å². The number of aromatic nitrogens is 1. The zero-order valence-electron chi connectivity index (χ0n) is 8.00. The Labute approximate surface area is 91.7 Å². The molecule has 0 aliphatic rings. The van der Waals surface area contributed by atoms with E-state index in [0.717, 1.165) is 10.2 Å². The maximum atomic E-state index is 8.86. The van der Waals surface area contributed by atoms with Gasteiger partial charge in [-0.3, -0.25) is 4.98 Å². The summed E-state index contributed by atoms with van der Waals surface area (Å²) in [4.78, 5) is 3.93. The van der Waals surface area contributed by atoms with Gasteiger partial charge in [0.1, 0.15) is 0 Å². The van der Waals surface area contributed by atoms with Gasteiger partial charge in [-0.2, -0.15) is 0 Å². The molecule has 0 bridgehead atoms. The maximum absolute atomic E-state index is 8.86. The number of nitrogens with zero attached hydrogens (tertiary/aromatic N) is 1. The second kappa shape index (κ2) is 5.17. The maximum Gasteiger partial charge on any atom is 0.0750 e. The van der Waals surface area contributed by atoms with Crippen molar-refractivity contribution < 1.29 is 5.11 Å². The summed E-state index contributed by atoms with van der Waals surface area (Å²) >= 11 is 3.35. The Morgan fingerprint density at radius 3 is 2.93 bits per heavy atom. The number of nitrogen functional groups attached to an aromatic ring is 1. The number of hydrogen-bond donors (Lipinski definition) is 3. The predicted octanol–water partition coefficient (Wildman–Crippen LogP) is 1.47. The van der Waals surface area contributed by atoms with Gasteiger partial charge in [0.25, 0.3) is 0 Å². The third-order valence-corrected chi connectivity index (χ3v) is 2.47.